The SMILES string of the molecule is Cc1cccc(Cc2ncc(Cl)nc2NCCN2CCC2)c1. The third-order valence-corrected chi connectivity index (χ3v) is 4.12. The van der Waals surface area contributed by atoms with E-state index in [0.717, 1.165) is 31.0 Å². The quantitative estimate of drug-likeness (QED) is 0.889. The van der Waals surface area contributed by atoms with Crippen molar-refractivity contribution < 1.29 is 0 Å². The number of hydrogen-bond acceptors (Lipinski definition) is 4. The van der Waals surface area contributed by atoms with Crippen molar-refractivity contribution >= 4 is 17.4 Å². The van der Waals surface area contributed by atoms with Crippen LogP contribution in [-0.4, -0.2) is 41.0 Å². The lowest BCUT2D eigenvalue weighted by Crippen LogP contribution is -2.40. The highest BCUT2D eigenvalue weighted by Gasteiger charge is 2.13. The van der Waals surface area contributed by atoms with E-state index in [1.807, 2.05) is 0 Å². The fourth-order valence-corrected chi connectivity index (χ4v) is 2.75. The number of hydrogen-bond donors (Lipinski definition) is 1. The third kappa shape index (κ3) is 3.96. The van der Waals surface area contributed by atoms with Crippen molar-refractivity contribution in [1.82, 2.24) is 14.9 Å². The van der Waals surface area contributed by atoms with Crippen LogP contribution in [0.15, 0.2) is 30.5 Å². The molecule has 0 radical (unpaired) electrons. The van der Waals surface area contributed by atoms with Gasteiger partial charge in [0.05, 0.1) is 11.9 Å². The number of likely N-dealkylation sites (tertiary alicyclic amines) is 1. The molecule has 0 aliphatic carbocycles. The highest BCUT2D eigenvalue weighted by atomic mass is 35.5. The average molecular weight is 317 g/mol. The van der Waals surface area contributed by atoms with Crippen LogP contribution in [0.3, 0.4) is 0 Å². The van der Waals surface area contributed by atoms with Gasteiger partial charge in [-0.1, -0.05) is 41.4 Å². The van der Waals surface area contributed by atoms with Crippen molar-refractivity contribution in [2.24, 2.45) is 0 Å². The van der Waals surface area contributed by atoms with Crippen LogP contribution in [0.25, 0.3) is 0 Å². The van der Waals surface area contributed by atoms with Gasteiger partial charge < -0.3 is 10.2 Å². The van der Waals surface area contributed by atoms with E-state index >= 15 is 0 Å². The molecule has 0 bridgehead atoms. The Labute approximate surface area is 136 Å². The molecule has 0 amide bonds. The molecule has 0 atom stereocenters. The smallest absolute Gasteiger partial charge is 0.149 e. The summed E-state index contributed by atoms with van der Waals surface area (Å²) in [7, 11) is 0. The monoisotopic (exact) mass is 316 g/mol. The zero-order valence-electron chi connectivity index (χ0n) is 12.8. The lowest BCUT2D eigenvalue weighted by Gasteiger charge is -2.30. The first kappa shape index (κ1) is 15.3. The summed E-state index contributed by atoms with van der Waals surface area (Å²) in [5.41, 5.74) is 3.44. The Morgan fingerprint density at radius 1 is 1.32 bits per heavy atom. The van der Waals surface area contributed by atoms with Crippen LogP contribution in [0, 0.1) is 6.92 Å². The molecule has 1 aromatic carbocycles. The third-order valence-electron chi connectivity index (χ3n) is 3.94. The van der Waals surface area contributed by atoms with E-state index in [1.165, 1.54) is 30.6 Å². The lowest BCUT2D eigenvalue weighted by atomic mass is 10.1. The van der Waals surface area contributed by atoms with Crippen LogP contribution < -0.4 is 5.32 Å². The molecule has 1 aromatic heterocycles. The molecule has 0 spiro atoms. The number of rotatable bonds is 6. The Morgan fingerprint density at radius 2 is 2.18 bits per heavy atom. The van der Waals surface area contributed by atoms with Crippen LogP contribution >= 0.6 is 11.6 Å². The van der Waals surface area contributed by atoms with Crippen molar-refractivity contribution in [3.63, 3.8) is 0 Å². The van der Waals surface area contributed by atoms with Crippen LogP contribution in [0.4, 0.5) is 5.82 Å². The van der Waals surface area contributed by atoms with Gasteiger partial charge in [-0.3, -0.25) is 4.98 Å². The van der Waals surface area contributed by atoms with Crippen molar-refractivity contribution in [2.75, 3.05) is 31.5 Å². The number of benzene rings is 1. The summed E-state index contributed by atoms with van der Waals surface area (Å²) >= 11 is 6.00. The molecule has 0 unspecified atom stereocenters. The summed E-state index contributed by atoms with van der Waals surface area (Å²) in [6, 6.07) is 8.47. The van der Waals surface area contributed by atoms with Crippen molar-refractivity contribution in [2.45, 2.75) is 19.8 Å². The first-order valence-corrected chi connectivity index (χ1v) is 8.12. The Hall–Kier alpha value is -1.65. The summed E-state index contributed by atoms with van der Waals surface area (Å²) in [6.07, 6.45) is 3.70. The Morgan fingerprint density at radius 3 is 2.91 bits per heavy atom. The lowest BCUT2D eigenvalue weighted by molar-refractivity contribution is 0.189. The molecular weight excluding hydrogens is 296 g/mol. The van der Waals surface area contributed by atoms with E-state index in [1.54, 1.807) is 6.20 Å². The summed E-state index contributed by atoms with van der Waals surface area (Å²) in [4.78, 5) is 11.3. The van der Waals surface area contributed by atoms with E-state index < -0.39 is 0 Å². The van der Waals surface area contributed by atoms with Gasteiger partial charge >= 0.3 is 0 Å². The zero-order chi connectivity index (χ0) is 15.4. The summed E-state index contributed by atoms with van der Waals surface area (Å²) in [5.74, 6) is 0.800. The number of nitrogens with one attached hydrogen (secondary N) is 1. The Balaban J connectivity index is 1.69. The molecule has 3 rings (SSSR count). The first-order chi connectivity index (χ1) is 10.7. The molecule has 5 heteroatoms. The van der Waals surface area contributed by atoms with Gasteiger partial charge in [0, 0.05) is 19.5 Å². The van der Waals surface area contributed by atoms with Crippen molar-refractivity contribution in [1.29, 1.82) is 0 Å². The zero-order valence-corrected chi connectivity index (χ0v) is 13.6. The number of anilines is 1. The standard InChI is InChI=1S/C17H21ClN4/c1-13-4-2-5-14(10-13)11-15-17(21-16(18)12-20-15)19-6-9-22-7-3-8-22/h2,4-5,10,12H,3,6-9,11H2,1H3,(H,19,21). The second-order valence-corrected chi connectivity index (χ2v) is 6.16. The molecule has 1 fully saturated rings. The number of aryl methyl sites for hydroxylation is 1. The topological polar surface area (TPSA) is 41.1 Å². The van der Waals surface area contributed by atoms with Gasteiger partial charge in [0.2, 0.25) is 0 Å². The van der Waals surface area contributed by atoms with Gasteiger partial charge in [-0.05, 0) is 32.0 Å². The molecule has 4 nitrogen and oxygen atoms in total. The first-order valence-electron chi connectivity index (χ1n) is 7.74. The molecule has 2 heterocycles. The molecule has 116 valence electrons. The number of aromatic nitrogens is 2. The predicted molar refractivity (Wildman–Crippen MR) is 90.6 cm³/mol. The minimum Gasteiger partial charge on any atom is -0.367 e. The van der Waals surface area contributed by atoms with Crippen molar-refractivity contribution in [3.8, 4) is 0 Å². The van der Waals surface area contributed by atoms with Crippen LogP contribution in [0.5, 0.6) is 0 Å². The van der Waals surface area contributed by atoms with E-state index in [0.29, 0.717) is 5.15 Å². The average Bonchev–Trinajstić information content (AvgIpc) is 2.44. The van der Waals surface area contributed by atoms with Crippen LogP contribution in [0.2, 0.25) is 5.15 Å². The normalized spacial score (nSPS) is 14.6. The van der Waals surface area contributed by atoms with E-state index in [-0.39, 0.29) is 0 Å². The summed E-state index contributed by atoms with van der Waals surface area (Å²) < 4.78 is 0. The molecule has 1 aliphatic rings. The minimum absolute atomic E-state index is 0.430. The van der Waals surface area contributed by atoms with Gasteiger partial charge in [0.1, 0.15) is 11.0 Å². The van der Waals surface area contributed by atoms with E-state index in [4.69, 9.17) is 11.6 Å². The van der Waals surface area contributed by atoms with E-state index in [2.05, 4.69) is 51.4 Å². The Bertz CT molecular complexity index is 640. The minimum atomic E-state index is 0.430. The maximum atomic E-state index is 6.00. The molecule has 22 heavy (non-hydrogen) atoms. The molecule has 1 N–H and O–H groups in total. The highest BCUT2D eigenvalue weighted by molar-refractivity contribution is 6.29. The van der Waals surface area contributed by atoms with Crippen molar-refractivity contribution in [3.05, 3.63) is 52.4 Å². The van der Waals surface area contributed by atoms with Crippen LogP contribution in [-0.2, 0) is 6.42 Å². The van der Waals surface area contributed by atoms with Gasteiger partial charge in [-0.15, -0.1) is 0 Å². The van der Waals surface area contributed by atoms with E-state index in [9.17, 15) is 0 Å². The molecule has 1 saturated heterocycles. The number of nitrogens with zero attached hydrogens (tertiary/aromatic N) is 3. The predicted octanol–water partition coefficient (Wildman–Crippen LogP) is 3.15. The molecular formula is C17H21ClN4. The molecule has 0 saturated carbocycles. The van der Waals surface area contributed by atoms with Crippen LogP contribution in [0.1, 0.15) is 23.2 Å². The Kier molecular flexibility index (Phi) is 4.90. The van der Waals surface area contributed by atoms with Gasteiger partial charge in [0.25, 0.3) is 0 Å². The summed E-state index contributed by atoms with van der Waals surface area (Å²) in [5, 5.41) is 3.82. The molecule has 1 aliphatic heterocycles. The summed E-state index contributed by atoms with van der Waals surface area (Å²) in [6.45, 7) is 6.43. The fourth-order valence-electron chi connectivity index (χ4n) is 2.62. The maximum absolute atomic E-state index is 6.00. The number of halogens is 1. The highest BCUT2D eigenvalue weighted by Crippen LogP contribution is 2.18. The second kappa shape index (κ2) is 7.07. The van der Waals surface area contributed by atoms with Gasteiger partial charge in [-0.25, -0.2) is 4.98 Å². The molecule has 2 aromatic rings. The largest absolute Gasteiger partial charge is 0.367 e. The van der Waals surface area contributed by atoms with Gasteiger partial charge in [0.15, 0.2) is 0 Å². The fraction of sp³-hybridized carbons (Fsp3) is 0.412. The van der Waals surface area contributed by atoms with Gasteiger partial charge in [-0.2, -0.15) is 0 Å². The second-order valence-electron chi connectivity index (χ2n) is 5.78. The maximum Gasteiger partial charge on any atom is 0.149 e.